The molecule has 8 aliphatic rings. The lowest BCUT2D eigenvalue weighted by Crippen LogP contribution is -2.59. The van der Waals surface area contributed by atoms with E-state index in [9.17, 15) is 0 Å². The van der Waals surface area contributed by atoms with Crippen molar-refractivity contribution in [2.24, 2.45) is 33.5 Å². The fraction of sp³-hybridized carbons (Fsp3) is 0.867. The minimum Gasteiger partial charge on any atom is -0.362 e. The maximum atomic E-state index is 6.09. The van der Waals surface area contributed by atoms with E-state index in [2.05, 4.69) is 39.5 Å². The summed E-state index contributed by atoms with van der Waals surface area (Å²) >= 11 is 0. The van der Waals surface area contributed by atoms with Gasteiger partial charge in [0.2, 0.25) is 0 Å². The maximum Gasteiger partial charge on any atom is 0.108 e. The van der Waals surface area contributed by atoms with Crippen molar-refractivity contribution in [3.63, 3.8) is 0 Å². The second-order valence-corrected chi connectivity index (χ2v) is 14.6. The first-order valence-electron chi connectivity index (χ1n) is 13.1. The van der Waals surface area contributed by atoms with E-state index in [0.29, 0.717) is 34.9 Å². The molecule has 0 saturated heterocycles. The van der Waals surface area contributed by atoms with Crippen LogP contribution in [0.1, 0.15) is 105 Å². The third-order valence-electron chi connectivity index (χ3n) is 10.1. The Bertz CT molecular complexity index is 736. The lowest BCUT2D eigenvalue weighted by atomic mass is 9.43. The van der Waals surface area contributed by atoms with Crippen molar-refractivity contribution in [2.45, 2.75) is 116 Å². The van der Waals surface area contributed by atoms with E-state index in [1.165, 1.54) is 77.0 Å². The van der Waals surface area contributed by atoms with E-state index in [1.807, 2.05) is 0 Å². The van der Waals surface area contributed by atoms with Crippen LogP contribution in [-0.2, 0) is 9.47 Å². The summed E-state index contributed by atoms with van der Waals surface area (Å²) in [5.41, 5.74) is 2.39. The Hall–Kier alpha value is -0.960. The molecular formula is C30H44O2. The molecule has 0 amide bonds. The molecule has 2 heteroatoms. The van der Waals surface area contributed by atoms with Gasteiger partial charge < -0.3 is 9.47 Å². The van der Waals surface area contributed by atoms with Crippen LogP contribution < -0.4 is 0 Å². The molecule has 8 fully saturated rings. The van der Waals surface area contributed by atoms with Gasteiger partial charge >= 0.3 is 0 Å². The van der Waals surface area contributed by atoms with Crippen molar-refractivity contribution in [3.05, 3.63) is 0 Å². The van der Waals surface area contributed by atoms with Crippen LogP contribution in [0.3, 0.4) is 0 Å². The van der Waals surface area contributed by atoms with Gasteiger partial charge in [-0.05, 0) is 111 Å². The Balaban J connectivity index is 0.000000135. The summed E-state index contributed by atoms with van der Waals surface area (Å²) in [6, 6.07) is 0. The van der Waals surface area contributed by atoms with Crippen LogP contribution in [-0.4, -0.2) is 24.4 Å². The first-order valence-corrected chi connectivity index (χ1v) is 13.1. The average Bonchev–Trinajstić information content (AvgIpc) is 2.59. The fourth-order valence-corrected chi connectivity index (χ4v) is 11.4. The third kappa shape index (κ3) is 4.05. The van der Waals surface area contributed by atoms with Gasteiger partial charge in [0.05, 0.1) is 11.2 Å². The molecule has 4 unspecified atom stereocenters. The topological polar surface area (TPSA) is 18.5 Å². The second kappa shape index (κ2) is 7.27. The number of rotatable bonds is 4. The highest BCUT2D eigenvalue weighted by atomic mass is 16.5. The van der Waals surface area contributed by atoms with Gasteiger partial charge in [0, 0.05) is 0 Å². The van der Waals surface area contributed by atoms with Crippen LogP contribution >= 0.6 is 0 Å². The molecule has 8 bridgehead atoms. The van der Waals surface area contributed by atoms with Crippen molar-refractivity contribution in [1.29, 1.82) is 0 Å². The van der Waals surface area contributed by atoms with Gasteiger partial charge in [0.15, 0.2) is 0 Å². The van der Waals surface area contributed by atoms with Crippen molar-refractivity contribution in [1.82, 2.24) is 0 Å². The second-order valence-electron chi connectivity index (χ2n) is 14.6. The van der Waals surface area contributed by atoms with Crippen LogP contribution in [0.25, 0.3) is 0 Å². The minimum atomic E-state index is 0.134. The predicted molar refractivity (Wildman–Crippen MR) is 130 cm³/mol. The summed E-state index contributed by atoms with van der Waals surface area (Å²) < 4.78 is 12.2. The van der Waals surface area contributed by atoms with Gasteiger partial charge in [-0.3, -0.25) is 0 Å². The van der Waals surface area contributed by atoms with E-state index >= 15 is 0 Å². The zero-order chi connectivity index (χ0) is 22.9. The van der Waals surface area contributed by atoms with Crippen molar-refractivity contribution in [3.8, 4) is 24.7 Å². The number of hydrogen-bond donors (Lipinski definition) is 0. The molecule has 0 aromatic rings. The van der Waals surface area contributed by atoms with E-state index in [1.54, 1.807) is 0 Å². The van der Waals surface area contributed by atoms with Crippen LogP contribution in [0.4, 0.5) is 0 Å². The molecule has 0 aliphatic heterocycles. The Morgan fingerprint density at radius 3 is 1.12 bits per heavy atom. The van der Waals surface area contributed by atoms with E-state index in [0.717, 1.165) is 11.8 Å². The maximum absolute atomic E-state index is 6.09. The molecule has 4 atom stereocenters. The number of hydrogen-bond acceptors (Lipinski definition) is 2. The predicted octanol–water partition coefficient (Wildman–Crippen LogP) is 6.77. The molecular weight excluding hydrogens is 392 g/mol. The Morgan fingerprint density at radius 2 is 0.875 bits per heavy atom. The molecule has 8 rings (SSSR count). The Labute approximate surface area is 197 Å². The highest BCUT2D eigenvalue weighted by molar-refractivity contribution is 5.13. The Kier molecular flexibility index (Phi) is 5.18. The average molecular weight is 437 g/mol. The van der Waals surface area contributed by atoms with Crippen molar-refractivity contribution >= 4 is 0 Å². The van der Waals surface area contributed by atoms with Gasteiger partial charge in [0.25, 0.3) is 0 Å². The van der Waals surface area contributed by atoms with Crippen LogP contribution in [0, 0.1) is 58.2 Å². The zero-order valence-electron chi connectivity index (χ0n) is 21.0. The van der Waals surface area contributed by atoms with Crippen molar-refractivity contribution < 1.29 is 9.47 Å². The van der Waals surface area contributed by atoms with Gasteiger partial charge in [0.1, 0.15) is 13.2 Å². The first-order chi connectivity index (χ1) is 14.9. The molecule has 176 valence electrons. The van der Waals surface area contributed by atoms with E-state index in [4.69, 9.17) is 22.3 Å². The van der Waals surface area contributed by atoms with Gasteiger partial charge in [-0.2, -0.15) is 0 Å². The molecule has 32 heavy (non-hydrogen) atoms. The third-order valence-corrected chi connectivity index (χ3v) is 10.1. The van der Waals surface area contributed by atoms with E-state index < -0.39 is 0 Å². The van der Waals surface area contributed by atoms with E-state index in [-0.39, 0.29) is 11.2 Å². The number of terminal acetylenes is 2. The lowest BCUT2D eigenvalue weighted by molar-refractivity contribution is -0.209. The summed E-state index contributed by atoms with van der Waals surface area (Å²) in [5, 5.41) is 0. The summed E-state index contributed by atoms with van der Waals surface area (Å²) in [4.78, 5) is 0. The van der Waals surface area contributed by atoms with Gasteiger partial charge in [-0.25, -0.2) is 0 Å². The standard InChI is InChI=1S/2C15H22O/c2*1-4-5-16-15-8-12-6-13(2,10-15)9-14(3,7-12)11-15/h2*1,12H,5-11H2,2-3H3. The zero-order valence-corrected chi connectivity index (χ0v) is 21.0. The molecule has 8 aliphatic carbocycles. The molecule has 0 aromatic heterocycles. The molecule has 0 N–H and O–H groups in total. The van der Waals surface area contributed by atoms with Crippen LogP contribution in [0.15, 0.2) is 0 Å². The largest absolute Gasteiger partial charge is 0.362 e. The SMILES string of the molecule is C#CCOC12CC3CC(C)(CC(C)(C3)C1)C2.C#CCOC12CC3CC(C)(CC(C)(C3)C1)C2. The summed E-state index contributed by atoms with van der Waals surface area (Å²) in [6.45, 7) is 10.8. The quantitative estimate of drug-likeness (QED) is 0.453. The Morgan fingerprint density at radius 1 is 0.562 bits per heavy atom. The normalized spacial score (nSPS) is 53.9. The van der Waals surface area contributed by atoms with Crippen LogP contribution in [0.2, 0.25) is 0 Å². The van der Waals surface area contributed by atoms with Gasteiger partial charge in [-0.15, -0.1) is 12.8 Å². The fourth-order valence-electron chi connectivity index (χ4n) is 11.4. The summed E-state index contributed by atoms with van der Waals surface area (Å²) in [5.74, 6) is 7.08. The highest BCUT2D eigenvalue weighted by Gasteiger charge is 2.61. The molecule has 0 heterocycles. The molecule has 0 spiro atoms. The molecule has 8 saturated carbocycles. The summed E-state index contributed by atoms with van der Waals surface area (Å²) in [7, 11) is 0. The molecule has 2 nitrogen and oxygen atoms in total. The number of ether oxygens (including phenoxy) is 2. The summed E-state index contributed by atoms with van der Waals surface area (Å²) in [6.07, 6.45) is 26.7. The smallest absolute Gasteiger partial charge is 0.108 e. The first kappa shape index (κ1) is 22.8. The minimum absolute atomic E-state index is 0.134. The molecule has 0 aromatic carbocycles. The molecule has 0 radical (unpaired) electrons. The highest BCUT2D eigenvalue weighted by Crippen LogP contribution is 2.68. The van der Waals surface area contributed by atoms with Gasteiger partial charge in [-0.1, -0.05) is 39.5 Å². The lowest BCUT2D eigenvalue weighted by Gasteiger charge is -2.64. The van der Waals surface area contributed by atoms with Crippen molar-refractivity contribution in [2.75, 3.05) is 13.2 Å². The monoisotopic (exact) mass is 436 g/mol. The van der Waals surface area contributed by atoms with Crippen LogP contribution in [0.5, 0.6) is 0 Å².